The van der Waals surface area contributed by atoms with E-state index in [1.165, 1.54) is 30.2 Å². The van der Waals surface area contributed by atoms with Gasteiger partial charge in [-0.15, -0.1) is 0 Å². The molecular weight excluding hydrogens is 594 g/mol. The van der Waals surface area contributed by atoms with Crippen molar-refractivity contribution in [3.8, 4) is 5.75 Å². The predicted octanol–water partition coefficient (Wildman–Crippen LogP) is 3.81. The Hall–Kier alpha value is -4.75. The van der Waals surface area contributed by atoms with Crippen LogP contribution in [0, 0.1) is 10.1 Å². The van der Waals surface area contributed by atoms with E-state index >= 15 is 0 Å². The smallest absolute Gasteiger partial charge is 0.414 e. The fourth-order valence-corrected chi connectivity index (χ4v) is 5.66. The van der Waals surface area contributed by atoms with Gasteiger partial charge in [0.05, 0.1) is 35.7 Å². The van der Waals surface area contributed by atoms with Crippen LogP contribution in [-0.4, -0.2) is 98.2 Å². The molecule has 2 aliphatic rings. The van der Waals surface area contributed by atoms with E-state index in [0.717, 1.165) is 44.8 Å². The van der Waals surface area contributed by atoms with E-state index in [-0.39, 0.29) is 23.4 Å². The summed E-state index contributed by atoms with van der Waals surface area (Å²) in [6, 6.07) is 13.4. The van der Waals surface area contributed by atoms with Gasteiger partial charge in [0.15, 0.2) is 0 Å². The van der Waals surface area contributed by atoms with Gasteiger partial charge in [0.25, 0.3) is 5.69 Å². The molecule has 246 valence electrons. The fourth-order valence-electron chi connectivity index (χ4n) is 5.66. The molecule has 13 nitrogen and oxygen atoms in total. The minimum absolute atomic E-state index is 0.151. The lowest BCUT2D eigenvalue weighted by Gasteiger charge is -2.34. The SMILES string of the molecule is COC(=O)C1=C(C)NC(C)=C(C(=O)OCCCN2CCN(Cc3cccc(OC(=O)N(C)C)c3)CC2)C1c1cccc([N+](=O)[O-])c1. The van der Waals surface area contributed by atoms with Gasteiger partial charge in [-0.05, 0) is 43.5 Å². The lowest BCUT2D eigenvalue weighted by atomic mass is 9.80. The fraction of sp³-hybridized carbons (Fsp3) is 0.424. The Kier molecular flexibility index (Phi) is 11.5. The molecule has 0 bridgehead atoms. The summed E-state index contributed by atoms with van der Waals surface area (Å²) in [6.45, 7) is 8.53. The number of nitro groups is 1. The number of hydrogen-bond donors (Lipinski definition) is 1. The summed E-state index contributed by atoms with van der Waals surface area (Å²) in [6.07, 6.45) is 0.198. The molecule has 1 unspecified atom stereocenters. The van der Waals surface area contributed by atoms with Crippen molar-refractivity contribution in [2.75, 3.05) is 60.5 Å². The third-order valence-electron chi connectivity index (χ3n) is 7.99. The molecule has 0 spiro atoms. The minimum atomic E-state index is -0.894. The molecule has 2 aromatic rings. The van der Waals surface area contributed by atoms with Crippen LogP contribution in [0.2, 0.25) is 0 Å². The average molecular weight is 636 g/mol. The Bertz CT molecular complexity index is 1530. The zero-order chi connectivity index (χ0) is 33.4. The highest BCUT2D eigenvalue weighted by molar-refractivity contribution is 5.99. The van der Waals surface area contributed by atoms with Crippen molar-refractivity contribution in [3.05, 3.63) is 92.3 Å². The number of ether oxygens (including phenoxy) is 3. The molecule has 0 radical (unpaired) electrons. The van der Waals surface area contributed by atoms with Gasteiger partial charge in [-0.1, -0.05) is 24.3 Å². The van der Waals surface area contributed by atoms with Gasteiger partial charge in [-0.3, -0.25) is 15.0 Å². The van der Waals surface area contributed by atoms with E-state index in [2.05, 4.69) is 15.1 Å². The number of rotatable bonds is 11. The van der Waals surface area contributed by atoms with E-state index in [9.17, 15) is 24.5 Å². The molecule has 0 aliphatic carbocycles. The molecule has 1 N–H and O–H groups in total. The molecule has 0 saturated carbocycles. The molecule has 2 aliphatic heterocycles. The highest BCUT2D eigenvalue weighted by atomic mass is 16.6. The monoisotopic (exact) mass is 635 g/mol. The molecule has 1 atom stereocenters. The van der Waals surface area contributed by atoms with E-state index in [1.54, 1.807) is 40.1 Å². The van der Waals surface area contributed by atoms with Crippen LogP contribution in [0.1, 0.15) is 37.3 Å². The summed E-state index contributed by atoms with van der Waals surface area (Å²) < 4.78 is 16.1. The van der Waals surface area contributed by atoms with E-state index in [0.29, 0.717) is 29.1 Å². The summed E-state index contributed by atoms with van der Waals surface area (Å²) in [5.41, 5.74) is 2.74. The van der Waals surface area contributed by atoms with Gasteiger partial charge in [-0.25, -0.2) is 14.4 Å². The normalized spacial score (nSPS) is 17.3. The first-order valence-corrected chi connectivity index (χ1v) is 15.1. The lowest BCUT2D eigenvalue weighted by Crippen LogP contribution is -2.46. The largest absolute Gasteiger partial charge is 0.466 e. The van der Waals surface area contributed by atoms with E-state index in [4.69, 9.17) is 14.2 Å². The van der Waals surface area contributed by atoms with Crippen molar-refractivity contribution in [2.24, 2.45) is 0 Å². The Balaban J connectivity index is 1.31. The Morgan fingerprint density at radius 2 is 1.61 bits per heavy atom. The number of methoxy groups -OCH3 is 1. The van der Waals surface area contributed by atoms with Crippen LogP contribution >= 0.6 is 0 Å². The first kappa shape index (κ1) is 34.1. The topological polar surface area (TPSA) is 144 Å². The van der Waals surface area contributed by atoms with Crippen LogP contribution in [0.15, 0.2) is 71.1 Å². The minimum Gasteiger partial charge on any atom is -0.466 e. The second-order valence-electron chi connectivity index (χ2n) is 11.5. The van der Waals surface area contributed by atoms with Crippen LogP contribution in [0.3, 0.4) is 0 Å². The maximum absolute atomic E-state index is 13.5. The van der Waals surface area contributed by atoms with Crippen LogP contribution in [-0.2, 0) is 25.6 Å². The highest BCUT2D eigenvalue weighted by Gasteiger charge is 2.38. The Morgan fingerprint density at radius 3 is 2.26 bits per heavy atom. The van der Waals surface area contributed by atoms with Crippen molar-refractivity contribution in [2.45, 2.75) is 32.7 Å². The van der Waals surface area contributed by atoms with Crippen LogP contribution in [0.25, 0.3) is 0 Å². The van der Waals surface area contributed by atoms with Gasteiger partial charge < -0.3 is 29.3 Å². The number of nitrogens with zero attached hydrogens (tertiary/aromatic N) is 4. The second kappa shape index (κ2) is 15.5. The molecule has 4 rings (SSSR count). The van der Waals surface area contributed by atoms with Crippen molar-refractivity contribution in [1.29, 1.82) is 0 Å². The maximum atomic E-state index is 13.5. The second-order valence-corrected chi connectivity index (χ2v) is 11.5. The molecule has 0 aromatic heterocycles. The molecular formula is C33H41N5O8. The summed E-state index contributed by atoms with van der Waals surface area (Å²) in [5.74, 6) is -1.61. The van der Waals surface area contributed by atoms with Gasteiger partial charge in [0.1, 0.15) is 5.75 Å². The number of dihydropyridines is 1. The third kappa shape index (κ3) is 8.49. The maximum Gasteiger partial charge on any atom is 0.414 e. The molecule has 46 heavy (non-hydrogen) atoms. The number of esters is 2. The summed E-state index contributed by atoms with van der Waals surface area (Å²) in [7, 11) is 4.53. The lowest BCUT2D eigenvalue weighted by molar-refractivity contribution is -0.384. The molecule has 1 fully saturated rings. The number of piperazine rings is 1. The van der Waals surface area contributed by atoms with Crippen molar-refractivity contribution < 1.29 is 33.5 Å². The number of nitro benzene ring substituents is 1. The Morgan fingerprint density at radius 1 is 0.957 bits per heavy atom. The molecule has 2 heterocycles. The molecule has 13 heteroatoms. The number of nitrogens with one attached hydrogen (secondary N) is 1. The molecule has 2 aromatic carbocycles. The third-order valence-corrected chi connectivity index (χ3v) is 7.99. The van der Waals surface area contributed by atoms with Crippen molar-refractivity contribution in [3.63, 3.8) is 0 Å². The zero-order valence-corrected chi connectivity index (χ0v) is 26.9. The predicted molar refractivity (Wildman–Crippen MR) is 170 cm³/mol. The van der Waals surface area contributed by atoms with Crippen molar-refractivity contribution >= 4 is 23.7 Å². The van der Waals surface area contributed by atoms with Crippen LogP contribution in [0.4, 0.5) is 10.5 Å². The number of carbonyl (C=O) groups is 3. The first-order valence-electron chi connectivity index (χ1n) is 15.1. The molecule has 1 saturated heterocycles. The van der Waals surface area contributed by atoms with E-state index < -0.39 is 28.9 Å². The quantitative estimate of drug-likeness (QED) is 0.167. The summed E-state index contributed by atoms with van der Waals surface area (Å²) in [5, 5.41) is 14.6. The Labute approximate surface area is 268 Å². The number of non-ortho nitro benzene ring substituents is 1. The van der Waals surface area contributed by atoms with Gasteiger partial charge in [0.2, 0.25) is 0 Å². The van der Waals surface area contributed by atoms with E-state index in [1.807, 2.05) is 18.2 Å². The summed E-state index contributed by atoms with van der Waals surface area (Å²) in [4.78, 5) is 55.2. The van der Waals surface area contributed by atoms with Crippen molar-refractivity contribution in [1.82, 2.24) is 20.0 Å². The van der Waals surface area contributed by atoms with Gasteiger partial charge in [0, 0.05) is 76.9 Å². The van der Waals surface area contributed by atoms with Crippen LogP contribution in [0.5, 0.6) is 5.75 Å². The van der Waals surface area contributed by atoms with Crippen LogP contribution < -0.4 is 10.1 Å². The number of benzene rings is 2. The first-order chi connectivity index (χ1) is 22.0. The highest BCUT2D eigenvalue weighted by Crippen LogP contribution is 2.40. The zero-order valence-electron chi connectivity index (χ0n) is 26.9. The number of hydrogen-bond acceptors (Lipinski definition) is 11. The number of amides is 1. The number of allylic oxidation sites excluding steroid dienone is 2. The standard InChI is InChI=1S/C33H41N5O8/c1-22-28(31(39)44-5)30(25-10-7-11-26(20-25)38(42)43)29(23(2)34-22)32(40)45-18-8-13-36-14-16-37(17-15-36)21-24-9-6-12-27(19-24)46-33(41)35(3)4/h6-7,9-12,19-20,30,34H,8,13-18,21H2,1-5H3. The molecule has 1 amide bonds. The van der Waals surface area contributed by atoms with Gasteiger partial charge in [-0.2, -0.15) is 0 Å². The average Bonchev–Trinajstić information content (AvgIpc) is 3.03. The number of carbonyl (C=O) groups excluding carboxylic acids is 3. The summed E-state index contributed by atoms with van der Waals surface area (Å²) >= 11 is 0. The van der Waals surface area contributed by atoms with Gasteiger partial charge >= 0.3 is 18.0 Å².